The Kier molecular flexibility index (Phi) is 6.90. The van der Waals surface area contributed by atoms with Crippen LogP contribution in [-0.2, 0) is 0 Å². The fourth-order valence-electron chi connectivity index (χ4n) is 2.24. The molecule has 0 saturated carbocycles. The third-order valence-corrected chi connectivity index (χ3v) is 4.17. The molecule has 0 spiro atoms. The average molecular weight is 386 g/mol. The van der Waals surface area contributed by atoms with Crippen molar-refractivity contribution >= 4 is 34.9 Å². The predicted molar refractivity (Wildman–Crippen MR) is 109 cm³/mol. The van der Waals surface area contributed by atoms with Gasteiger partial charge in [0.15, 0.2) is 5.11 Å². The van der Waals surface area contributed by atoms with Gasteiger partial charge in [-0.05, 0) is 68.4 Å². The number of hydrogen-bond acceptors (Lipinski definition) is 4. The van der Waals surface area contributed by atoms with Crippen molar-refractivity contribution in [1.82, 2.24) is 5.32 Å². The van der Waals surface area contributed by atoms with E-state index in [1.165, 1.54) is 12.1 Å². The number of rotatable bonds is 6. The summed E-state index contributed by atoms with van der Waals surface area (Å²) in [5.41, 5.74) is 1.87. The van der Waals surface area contributed by atoms with Gasteiger partial charge < -0.3 is 15.2 Å². The average Bonchev–Trinajstić information content (AvgIpc) is 2.63. The lowest BCUT2D eigenvalue weighted by molar-refractivity contribution is 0.0696. The number of carbonyl (C=O) groups is 2. The molecule has 1 amide bonds. The molecule has 142 valence electrons. The van der Waals surface area contributed by atoms with Crippen molar-refractivity contribution in [2.75, 3.05) is 5.32 Å². The lowest BCUT2D eigenvalue weighted by Crippen LogP contribution is -2.34. The highest BCUT2D eigenvalue weighted by Crippen LogP contribution is 2.18. The number of thiocarbonyl (C=S) groups is 1. The first kappa shape index (κ1) is 20.4. The molecule has 0 saturated heterocycles. The fourth-order valence-corrected chi connectivity index (χ4v) is 2.45. The summed E-state index contributed by atoms with van der Waals surface area (Å²) >= 11 is 5.18. The molecule has 0 fully saturated rings. The highest BCUT2D eigenvalue weighted by atomic mass is 32.1. The van der Waals surface area contributed by atoms with Crippen LogP contribution in [0.2, 0.25) is 0 Å². The summed E-state index contributed by atoms with van der Waals surface area (Å²) in [5, 5.41) is 14.6. The lowest BCUT2D eigenvalue weighted by atomic mass is 10.1. The summed E-state index contributed by atoms with van der Waals surface area (Å²) in [6.45, 7) is 5.79. The lowest BCUT2D eigenvalue weighted by Gasteiger charge is -2.14. The number of anilines is 1. The van der Waals surface area contributed by atoms with Crippen LogP contribution in [0.3, 0.4) is 0 Å². The second-order valence-corrected chi connectivity index (χ2v) is 6.52. The quantitative estimate of drug-likeness (QED) is 0.651. The number of hydrogen-bond donors (Lipinski definition) is 3. The Bertz CT molecular complexity index is 867. The van der Waals surface area contributed by atoms with E-state index in [0.29, 0.717) is 17.0 Å². The maximum absolute atomic E-state index is 12.4. The Balaban J connectivity index is 2.06. The number of carbonyl (C=O) groups excluding carboxylic acids is 1. The first-order valence-electron chi connectivity index (χ1n) is 8.53. The summed E-state index contributed by atoms with van der Waals surface area (Å²) in [6.07, 6.45) is 0.912. The molecule has 2 rings (SSSR count). The van der Waals surface area contributed by atoms with Crippen molar-refractivity contribution in [3.63, 3.8) is 0 Å². The van der Waals surface area contributed by atoms with E-state index < -0.39 is 5.97 Å². The minimum Gasteiger partial charge on any atom is -0.491 e. The molecule has 0 heterocycles. The molecule has 1 atom stereocenters. The van der Waals surface area contributed by atoms with Gasteiger partial charge in [-0.15, -0.1) is 0 Å². The summed E-state index contributed by atoms with van der Waals surface area (Å²) in [5.74, 6) is -0.804. The normalized spacial score (nSPS) is 11.4. The molecule has 3 N–H and O–H groups in total. The van der Waals surface area contributed by atoms with Crippen molar-refractivity contribution in [3.05, 3.63) is 59.2 Å². The molecule has 0 aliphatic rings. The maximum atomic E-state index is 12.4. The number of benzene rings is 2. The molecule has 0 bridgehead atoms. The SMILES string of the molecule is CCC(C)Oc1cccc(C(=O)NC(=S)Nc2cc(C(=O)O)ccc2C)c1. The highest BCUT2D eigenvalue weighted by Gasteiger charge is 2.12. The first-order chi connectivity index (χ1) is 12.8. The number of carboxylic acid groups (broad SMARTS) is 1. The Hall–Kier alpha value is -2.93. The number of aromatic carboxylic acids is 1. The van der Waals surface area contributed by atoms with Gasteiger partial charge in [0, 0.05) is 11.3 Å². The summed E-state index contributed by atoms with van der Waals surface area (Å²) in [6, 6.07) is 11.5. The van der Waals surface area contributed by atoms with Crippen LogP contribution in [0, 0.1) is 6.92 Å². The maximum Gasteiger partial charge on any atom is 0.335 e. The van der Waals surface area contributed by atoms with Crippen molar-refractivity contribution in [1.29, 1.82) is 0 Å². The molecule has 0 aliphatic carbocycles. The fraction of sp³-hybridized carbons (Fsp3) is 0.250. The third kappa shape index (κ3) is 5.79. The monoisotopic (exact) mass is 386 g/mol. The van der Waals surface area contributed by atoms with Gasteiger partial charge in [-0.25, -0.2) is 4.79 Å². The molecule has 27 heavy (non-hydrogen) atoms. The van der Waals surface area contributed by atoms with Crippen molar-refractivity contribution in [3.8, 4) is 5.75 Å². The van der Waals surface area contributed by atoms with Crippen molar-refractivity contribution < 1.29 is 19.4 Å². The van der Waals surface area contributed by atoms with Gasteiger partial charge in [0.2, 0.25) is 0 Å². The van der Waals surface area contributed by atoms with Crippen LogP contribution >= 0.6 is 12.2 Å². The molecule has 0 aliphatic heterocycles. The molecule has 2 aromatic rings. The summed E-state index contributed by atoms with van der Waals surface area (Å²) in [7, 11) is 0. The molecule has 6 nitrogen and oxygen atoms in total. The third-order valence-electron chi connectivity index (χ3n) is 3.97. The van der Waals surface area contributed by atoms with E-state index in [0.717, 1.165) is 12.0 Å². The predicted octanol–water partition coefficient (Wildman–Crippen LogP) is 4.00. The Morgan fingerprint density at radius 1 is 1.19 bits per heavy atom. The summed E-state index contributed by atoms with van der Waals surface area (Å²) < 4.78 is 5.72. The summed E-state index contributed by atoms with van der Waals surface area (Å²) in [4.78, 5) is 23.5. The van der Waals surface area contributed by atoms with Crippen molar-refractivity contribution in [2.45, 2.75) is 33.3 Å². The van der Waals surface area contributed by atoms with Gasteiger partial charge in [-0.3, -0.25) is 10.1 Å². The van der Waals surface area contributed by atoms with Crippen molar-refractivity contribution in [2.24, 2.45) is 0 Å². The second-order valence-electron chi connectivity index (χ2n) is 6.11. The zero-order chi connectivity index (χ0) is 20.0. The number of aryl methyl sites for hydroxylation is 1. The van der Waals surface area contributed by atoms with Crippen LogP contribution in [0.5, 0.6) is 5.75 Å². The zero-order valence-corrected chi connectivity index (χ0v) is 16.2. The standard InChI is InChI=1S/C20H22N2O4S/c1-4-13(3)26-16-7-5-6-14(10-16)18(23)22-20(27)21-17-11-15(19(24)25)9-8-12(17)2/h5-11,13H,4H2,1-3H3,(H,24,25)(H2,21,22,23,27). The Morgan fingerprint density at radius 2 is 1.93 bits per heavy atom. The minimum absolute atomic E-state index is 0.0514. The second kappa shape index (κ2) is 9.14. The van der Waals surface area contributed by atoms with E-state index in [1.807, 2.05) is 20.8 Å². The van der Waals surface area contributed by atoms with Crippen LogP contribution in [-0.4, -0.2) is 28.2 Å². The zero-order valence-electron chi connectivity index (χ0n) is 15.4. The van der Waals surface area contributed by atoms with E-state index in [1.54, 1.807) is 30.3 Å². The van der Waals surface area contributed by atoms with Crippen LogP contribution in [0.4, 0.5) is 5.69 Å². The van der Waals surface area contributed by atoms with Crippen LogP contribution < -0.4 is 15.4 Å². The molecule has 0 aromatic heterocycles. The van der Waals surface area contributed by atoms with E-state index >= 15 is 0 Å². The number of ether oxygens (including phenoxy) is 1. The van der Waals surface area contributed by atoms with Crippen LogP contribution in [0.25, 0.3) is 0 Å². The van der Waals surface area contributed by atoms with Gasteiger partial charge in [0.1, 0.15) is 5.75 Å². The van der Waals surface area contributed by atoms with Gasteiger partial charge in [0.05, 0.1) is 11.7 Å². The van der Waals surface area contributed by atoms with Gasteiger partial charge in [-0.2, -0.15) is 0 Å². The number of carboxylic acids is 1. The van der Waals surface area contributed by atoms with Crippen LogP contribution in [0.15, 0.2) is 42.5 Å². The van der Waals surface area contributed by atoms with E-state index in [2.05, 4.69) is 10.6 Å². The minimum atomic E-state index is -1.04. The van der Waals surface area contributed by atoms with E-state index in [4.69, 9.17) is 22.1 Å². The van der Waals surface area contributed by atoms with Gasteiger partial charge >= 0.3 is 5.97 Å². The molecule has 0 radical (unpaired) electrons. The highest BCUT2D eigenvalue weighted by molar-refractivity contribution is 7.80. The topological polar surface area (TPSA) is 87.7 Å². The molecular formula is C20H22N2O4S. The van der Waals surface area contributed by atoms with Gasteiger partial charge in [-0.1, -0.05) is 19.1 Å². The smallest absolute Gasteiger partial charge is 0.335 e. The van der Waals surface area contributed by atoms with E-state index in [-0.39, 0.29) is 22.7 Å². The molecular weight excluding hydrogens is 364 g/mol. The Labute approximate surface area is 163 Å². The molecule has 7 heteroatoms. The largest absolute Gasteiger partial charge is 0.491 e. The molecule has 1 unspecified atom stereocenters. The number of nitrogens with one attached hydrogen (secondary N) is 2. The van der Waals surface area contributed by atoms with Gasteiger partial charge in [0.25, 0.3) is 5.91 Å². The molecule has 2 aromatic carbocycles. The number of amides is 1. The Morgan fingerprint density at radius 3 is 2.59 bits per heavy atom. The first-order valence-corrected chi connectivity index (χ1v) is 8.94. The van der Waals surface area contributed by atoms with Crippen LogP contribution in [0.1, 0.15) is 46.5 Å². The van der Waals surface area contributed by atoms with E-state index in [9.17, 15) is 9.59 Å².